The second-order valence-corrected chi connectivity index (χ2v) is 7.20. The number of primary sulfonamides is 1. The molecule has 0 atom stereocenters. The minimum atomic E-state index is -3.59. The van der Waals surface area contributed by atoms with Crippen molar-refractivity contribution in [3.8, 4) is 0 Å². The van der Waals surface area contributed by atoms with Crippen LogP contribution in [-0.2, 0) is 23.0 Å². The standard InChI is InChI=1S/C14H18N2O2S2.ClH/c1-11-7-9-19-14(11)10-16-8-6-12-2-4-13(5-3-12)20(15,17)18;/h2-5,7,9,16H,6,8,10H2,1H3,(H2,15,17,18);1H. The lowest BCUT2D eigenvalue weighted by Crippen LogP contribution is -2.16. The van der Waals surface area contributed by atoms with E-state index in [2.05, 4.69) is 23.7 Å². The average molecular weight is 347 g/mol. The normalized spacial score (nSPS) is 11.1. The molecule has 2 aromatic rings. The van der Waals surface area contributed by atoms with Crippen LogP contribution in [0.3, 0.4) is 0 Å². The highest BCUT2D eigenvalue weighted by Crippen LogP contribution is 2.14. The summed E-state index contributed by atoms with van der Waals surface area (Å²) in [6.45, 7) is 3.84. The molecule has 0 amide bonds. The molecule has 0 radical (unpaired) electrons. The number of aryl methyl sites for hydroxylation is 1. The van der Waals surface area contributed by atoms with E-state index >= 15 is 0 Å². The van der Waals surface area contributed by atoms with Gasteiger partial charge >= 0.3 is 0 Å². The summed E-state index contributed by atoms with van der Waals surface area (Å²) in [5, 5.41) is 10.5. The first-order valence-electron chi connectivity index (χ1n) is 6.32. The number of hydrogen-bond acceptors (Lipinski definition) is 4. The first kappa shape index (κ1) is 18.1. The van der Waals surface area contributed by atoms with Crippen LogP contribution in [0.25, 0.3) is 0 Å². The summed E-state index contributed by atoms with van der Waals surface area (Å²) in [4.78, 5) is 1.51. The first-order chi connectivity index (χ1) is 9.47. The molecule has 1 aromatic carbocycles. The fourth-order valence-electron chi connectivity index (χ4n) is 1.87. The van der Waals surface area contributed by atoms with Crippen molar-refractivity contribution >= 4 is 33.8 Å². The van der Waals surface area contributed by atoms with Gasteiger partial charge in [0.05, 0.1) is 4.90 Å². The molecule has 0 spiro atoms. The van der Waals surface area contributed by atoms with E-state index in [1.165, 1.54) is 10.4 Å². The molecule has 2 rings (SSSR count). The van der Waals surface area contributed by atoms with Gasteiger partial charge in [-0.1, -0.05) is 12.1 Å². The van der Waals surface area contributed by atoms with Gasteiger partial charge in [0, 0.05) is 11.4 Å². The second kappa shape index (κ2) is 7.91. The van der Waals surface area contributed by atoms with Gasteiger partial charge in [0.25, 0.3) is 0 Å². The number of nitrogens with one attached hydrogen (secondary N) is 1. The molecule has 21 heavy (non-hydrogen) atoms. The lowest BCUT2D eigenvalue weighted by molar-refractivity contribution is 0.597. The summed E-state index contributed by atoms with van der Waals surface area (Å²) in [6.07, 6.45) is 0.856. The highest BCUT2D eigenvalue weighted by molar-refractivity contribution is 7.89. The number of halogens is 1. The van der Waals surface area contributed by atoms with Gasteiger partial charge in [-0.2, -0.15) is 0 Å². The number of benzene rings is 1. The summed E-state index contributed by atoms with van der Waals surface area (Å²) in [5.74, 6) is 0. The summed E-state index contributed by atoms with van der Waals surface area (Å²) < 4.78 is 22.3. The zero-order valence-corrected chi connectivity index (χ0v) is 14.2. The van der Waals surface area contributed by atoms with Gasteiger partial charge in [-0.15, -0.1) is 23.7 Å². The number of hydrogen-bond donors (Lipinski definition) is 2. The molecular weight excluding hydrogens is 328 g/mol. The van der Waals surface area contributed by atoms with Crippen LogP contribution in [0.1, 0.15) is 16.0 Å². The third-order valence-electron chi connectivity index (χ3n) is 3.10. The van der Waals surface area contributed by atoms with Crippen molar-refractivity contribution in [3.05, 3.63) is 51.7 Å². The van der Waals surface area contributed by atoms with Gasteiger partial charge in [0.15, 0.2) is 0 Å². The minimum Gasteiger partial charge on any atom is -0.312 e. The summed E-state index contributed by atoms with van der Waals surface area (Å²) in [5.41, 5.74) is 2.41. The van der Waals surface area contributed by atoms with Crippen LogP contribution >= 0.6 is 23.7 Å². The maximum Gasteiger partial charge on any atom is 0.238 e. The van der Waals surface area contributed by atoms with Crippen LogP contribution in [0.15, 0.2) is 40.6 Å². The van der Waals surface area contributed by atoms with Crippen molar-refractivity contribution in [2.45, 2.75) is 24.8 Å². The maximum absolute atomic E-state index is 11.1. The molecule has 4 nitrogen and oxygen atoms in total. The molecule has 1 aromatic heterocycles. The molecular formula is C14H19ClN2O2S2. The van der Waals surface area contributed by atoms with Crippen LogP contribution in [-0.4, -0.2) is 15.0 Å². The van der Waals surface area contributed by atoms with E-state index in [1.54, 1.807) is 35.6 Å². The summed E-state index contributed by atoms with van der Waals surface area (Å²) in [7, 11) is -3.59. The molecule has 0 bridgehead atoms. The highest BCUT2D eigenvalue weighted by atomic mass is 35.5. The van der Waals surface area contributed by atoms with E-state index in [4.69, 9.17) is 5.14 Å². The van der Waals surface area contributed by atoms with Crippen LogP contribution in [0, 0.1) is 6.92 Å². The average Bonchev–Trinajstić information content (AvgIpc) is 2.80. The number of sulfonamides is 1. The van der Waals surface area contributed by atoms with Gasteiger partial charge in [-0.3, -0.25) is 0 Å². The molecule has 0 fully saturated rings. The molecule has 3 N–H and O–H groups in total. The lowest BCUT2D eigenvalue weighted by Gasteiger charge is -2.05. The number of rotatable bonds is 6. The quantitative estimate of drug-likeness (QED) is 0.789. The fraction of sp³-hybridized carbons (Fsp3) is 0.286. The molecule has 0 aliphatic heterocycles. The van der Waals surface area contributed by atoms with Gasteiger partial charge in [-0.25, -0.2) is 13.6 Å². The monoisotopic (exact) mass is 346 g/mol. The molecule has 0 aliphatic carbocycles. The van der Waals surface area contributed by atoms with Gasteiger partial charge in [0.1, 0.15) is 0 Å². The molecule has 116 valence electrons. The van der Waals surface area contributed by atoms with Gasteiger partial charge < -0.3 is 5.32 Å². The van der Waals surface area contributed by atoms with E-state index < -0.39 is 10.0 Å². The van der Waals surface area contributed by atoms with Crippen molar-refractivity contribution in [2.24, 2.45) is 5.14 Å². The number of nitrogens with two attached hydrogens (primary N) is 1. The second-order valence-electron chi connectivity index (χ2n) is 4.64. The van der Waals surface area contributed by atoms with Crippen molar-refractivity contribution in [2.75, 3.05) is 6.54 Å². The van der Waals surface area contributed by atoms with Gasteiger partial charge in [-0.05, 0) is 54.6 Å². The van der Waals surface area contributed by atoms with E-state index in [1.807, 2.05) is 0 Å². The van der Waals surface area contributed by atoms with Crippen LogP contribution in [0.5, 0.6) is 0 Å². The predicted molar refractivity (Wildman–Crippen MR) is 89.5 cm³/mol. The molecule has 0 aliphatic rings. The van der Waals surface area contributed by atoms with Crippen LogP contribution < -0.4 is 10.5 Å². The van der Waals surface area contributed by atoms with Crippen LogP contribution in [0.4, 0.5) is 0 Å². The predicted octanol–water partition coefficient (Wildman–Crippen LogP) is 2.46. The van der Waals surface area contributed by atoms with E-state index in [0.717, 1.165) is 25.1 Å². The maximum atomic E-state index is 11.1. The van der Waals surface area contributed by atoms with Crippen LogP contribution in [0.2, 0.25) is 0 Å². The topological polar surface area (TPSA) is 72.2 Å². The SMILES string of the molecule is Cc1ccsc1CNCCc1ccc(S(N)(=O)=O)cc1.Cl. The summed E-state index contributed by atoms with van der Waals surface area (Å²) in [6, 6.07) is 8.82. The fourth-order valence-corrected chi connectivity index (χ4v) is 3.26. The Morgan fingerprint density at radius 1 is 1.19 bits per heavy atom. The highest BCUT2D eigenvalue weighted by Gasteiger charge is 2.06. The van der Waals surface area contributed by atoms with E-state index in [-0.39, 0.29) is 17.3 Å². The van der Waals surface area contributed by atoms with E-state index in [9.17, 15) is 8.42 Å². The Hall–Kier alpha value is -0.920. The third-order valence-corrected chi connectivity index (χ3v) is 5.05. The van der Waals surface area contributed by atoms with Crippen molar-refractivity contribution < 1.29 is 8.42 Å². The van der Waals surface area contributed by atoms with Crippen molar-refractivity contribution in [3.63, 3.8) is 0 Å². The lowest BCUT2D eigenvalue weighted by atomic mass is 10.1. The molecule has 0 saturated carbocycles. The molecule has 0 unspecified atom stereocenters. The Kier molecular flexibility index (Phi) is 6.83. The molecule has 7 heteroatoms. The Balaban J connectivity index is 0.00000220. The molecule has 1 heterocycles. The smallest absolute Gasteiger partial charge is 0.238 e. The van der Waals surface area contributed by atoms with Crippen molar-refractivity contribution in [1.82, 2.24) is 5.32 Å². The number of thiophene rings is 1. The van der Waals surface area contributed by atoms with E-state index in [0.29, 0.717) is 0 Å². The Labute approximate surface area is 135 Å². The Bertz CT molecular complexity index is 667. The first-order valence-corrected chi connectivity index (χ1v) is 8.75. The Morgan fingerprint density at radius 3 is 2.38 bits per heavy atom. The Morgan fingerprint density at radius 2 is 1.86 bits per heavy atom. The minimum absolute atomic E-state index is 0. The molecule has 0 saturated heterocycles. The van der Waals surface area contributed by atoms with Gasteiger partial charge in [0.2, 0.25) is 10.0 Å². The zero-order chi connectivity index (χ0) is 14.6. The largest absolute Gasteiger partial charge is 0.312 e. The third kappa shape index (κ3) is 5.41. The summed E-state index contributed by atoms with van der Waals surface area (Å²) >= 11 is 1.76. The zero-order valence-electron chi connectivity index (χ0n) is 11.7. The van der Waals surface area contributed by atoms with Crippen molar-refractivity contribution in [1.29, 1.82) is 0 Å².